The predicted octanol–water partition coefficient (Wildman–Crippen LogP) is 4.96. The molecule has 0 radical (unpaired) electrons. The maximum absolute atomic E-state index is 13.5. The van der Waals surface area contributed by atoms with Gasteiger partial charge in [0.25, 0.3) is 11.7 Å². The molecule has 1 aliphatic heterocycles. The third kappa shape index (κ3) is 5.64. The number of aliphatic hydroxyl groups is 1. The molecular weight excluding hydrogens is 461 g/mol. The molecule has 1 aliphatic rings. The highest BCUT2D eigenvalue weighted by Crippen LogP contribution is 2.40. The van der Waals surface area contributed by atoms with Crippen LogP contribution in [-0.2, 0) is 16.1 Å². The van der Waals surface area contributed by atoms with E-state index in [1.54, 1.807) is 18.6 Å². The van der Waals surface area contributed by atoms with E-state index in [1.807, 2.05) is 29.0 Å². The number of aryl methyl sites for hydroxylation is 1. The van der Waals surface area contributed by atoms with Crippen molar-refractivity contribution < 1.29 is 23.8 Å². The van der Waals surface area contributed by atoms with Gasteiger partial charge < -0.3 is 19.3 Å². The summed E-state index contributed by atoms with van der Waals surface area (Å²) in [5.41, 5.74) is 0.901. The maximum Gasteiger partial charge on any atom is 0.295 e. The number of halogens is 1. The number of hydrogen-bond donors (Lipinski definition) is 1. The van der Waals surface area contributed by atoms with Gasteiger partial charge in [0.05, 0.1) is 24.5 Å². The summed E-state index contributed by atoms with van der Waals surface area (Å²) in [6, 6.07) is 11.6. The van der Waals surface area contributed by atoms with E-state index in [9.17, 15) is 19.1 Å². The molecule has 1 amide bonds. The van der Waals surface area contributed by atoms with Crippen LogP contribution in [0.1, 0.15) is 43.9 Å². The van der Waals surface area contributed by atoms with Crippen LogP contribution in [0.15, 0.2) is 72.8 Å². The molecule has 1 atom stereocenters. The Morgan fingerprint density at radius 2 is 1.92 bits per heavy atom. The SMILES string of the molecule is CC(C)CCOc1cccc([C@H]2C(=C(O)c3ccc(F)cc3)C(=O)C(=O)N2CCCn2ccnc2)c1. The third-order valence-corrected chi connectivity index (χ3v) is 6.17. The van der Waals surface area contributed by atoms with Crippen molar-refractivity contribution in [2.24, 2.45) is 5.92 Å². The van der Waals surface area contributed by atoms with Crippen LogP contribution in [0, 0.1) is 11.7 Å². The number of ketones is 1. The first-order valence-corrected chi connectivity index (χ1v) is 12.1. The number of hydrogen-bond acceptors (Lipinski definition) is 5. The topological polar surface area (TPSA) is 84.7 Å². The molecule has 1 fully saturated rings. The zero-order chi connectivity index (χ0) is 25.7. The van der Waals surface area contributed by atoms with Crippen LogP contribution in [0.5, 0.6) is 5.75 Å². The van der Waals surface area contributed by atoms with Crippen molar-refractivity contribution in [3.05, 3.63) is 89.8 Å². The van der Waals surface area contributed by atoms with Crippen molar-refractivity contribution in [1.29, 1.82) is 0 Å². The molecule has 0 spiro atoms. The summed E-state index contributed by atoms with van der Waals surface area (Å²) >= 11 is 0. The fourth-order valence-corrected chi connectivity index (χ4v) is 4.25. The summed E-state index contributed by atoms with van der Waals surface area (Å²) < 4.78 is 21.3. The minimum absolute atomic E-state index is 0.0198. The van der Waals surface area contributed by atoms with E-state index >= 15 is 0 Å². The highest BCUT2D eigenvalue weighted by Gasteiger charge is 2.45. The van der Waals surface area contributed by atoms with E-state index in [2.05, 4.69) is 18.8 Å². The minimum atomic E-state index is -0.800. The van der Waals surface area contributed by atoms with E-state index in [4.69, 9.17) is 4.74 Å². The van der Waals surface area contributed by atoms with Crippen molar-refractivity contribution in [2.45, 2.75) is 39.3 Å². The Labute approximate surface area is 209 Å². The van der Waals surface area contributed by atoms with E-state index < -0.39 is 23.5 Å². The number of rotatable bonds is 10. The molecule has 1 N–H and O–H groups in total. The molecule has 0 bridgehead atoms. The maximum atomic E-state index is 13.5. The van der Waals surface area contributed by atoms with Crippen LogP contribution in [-0.4, -0.2) is 44.4 Å². The summed E-state index contributed by atoms with van der Waals surface area (Å²) in [7, 11) is 0. The highest BCUT2D eigenvalue weighted by atomic mass is 19.1. The minimum Gasteiger partial charge on any atom is -0.507 e. The summed E-state index contributed by atoms with van der Waals surface area (Å²) in [4.78, 5) is 31.8. The lowest BCUT2D eigenvalue weighted by Crippen LogP contribution is -2.31. The number of likely N-dealkylation sites (tertiary alicyclic amines) is 1. The molecule has 1 saturated heterocycles. The van der Waals surface area contributed by atoms with Crippen LogP contribution in [0.2, 0.25) is 0 Å². The van der Waals surface area contributed by atoms with Crippen molar-refractivity contribution in [1.82, 2.24) is 14.5 Å². The average molecular weight is 492 g/mol. The van der Waals surface area contributed by atoms with Crippen LogP contribution < -0.4 is 4.74 Å². The van der Waals surface area contributed by atoms with E-state index in [-0.39, 0.29) is 16.9 Å². The molecule has 8 heteroatoms. The number of aromatic nitrogens is 2. The average Bonchev–Trinajstić information content (AvgIpc) is 3.46. The van der Waals surface area contributed by atoms with Gasteiger partial charge in [0.2, 0.25) is 0 Å². The van der Waals surface area contributed by atoms with E-state index in [0.29, 0.717) is 43.3 Å². The lowest BCUT2D eigenvalue weighted by Gasteiger charge is -2.26. The van der Waals surface area contributed by atoms with Crippen LogP contribution >= 0.6 is 0 Å². The molecule has 3 aromatic rings. The fraction of sp³-hybridized carbons (Fsp3) is 0.321. The Hall–Kier alpha value is -3.94. The van der Waals surface area contributed by atoms with Gasteiger partial charge in [0.15, 0.2) is 0 Å². The third-order valence-electron chi connectivity index (χ3n) is 6.17. The van der Waals surface area contributed by atoms with Crippen molar-refractivity contribution >= 4 is 17.4 Å². The van der Waals surface area contributed by atoms with Gasteiger partial charge in [-0.3, -0.25) is 9.59 Å². The second kappa shape index (κ2) is 11.2. The van der Waals surface area contributed by atoms with Gasteiger partial charge in [-0.2, -0.15) is 0 Å². The highest BCUT2D eigenvalue weighted by molar-refractivity contribution is 6.46. The molecule has 2 aromatic carbocycles. The molecule has 1 aromatic heterocycles. The number of carbonyl (C=O) groups is 2. The molecule has 0 unspecified atom stereocenters. The Morgan fingerprint density at radius 3 is 2.61 bits per heavy atom. The Morgan fingerprint density at radius 1 is 1.14 bits per heavy atom. The first kappa shape index (κ1) is 25.2. The van der Waals surface area contributed by atoms with Gasteiger partial charge in [-0.1, -0.05) is 26.0 Å². The first-order chi connectivity index (χ1) is 17.3. The smallest absolute Gasteiger partial charge is 0.295 e. The van der Waals surface area contributed by atoms with Gasteiger partial charge >= 0.3 is 0 Å². The number of imidazole rings is 1. The Bertz CT molecular complexity index is 1240. The quantitative estimate of drug-likeness (QED) is 0.246. The van der Waals surface area contributed by atoms with Gasteiger partial charge in [0, 0.05) is 31.0 Å². The number of Topliss-reactive ketones (excluding diaryl/α,β-unsaturated/α-hetero) is 1. The zero-order valence-corrected chi connectivity index (χ0v) is 20.4. The zero-order valence-electron chi connectivity index (χ0n) is 20.4. The number of aliphatic hydroxyl groups excluding tert-OH is 1. The second-order valence-electron chi connectivity index (χ2n) is 9.26. The number of nitrogens with zero attached hydrogens (tertiary/aromatic N) is 3. The summed E-state index contributed by atoms with van der Waals surface area (Å²) in [6.07, 6.45) is 6.68. The standard InChI is InChI=1S/C28H30FN3O4/c1-19(2)11-16-36-23-6-3-5-21(17-23)25-24(26(33)20-7-9-22(29)10-8-20)27(34)28(35)32(25)14-4-13-31-15-12-30-18-31/h3,5-10,12,15,17-19,25,33H,4,11,13-14,16H2,1-2H3/t25-/m0/s1. The molecular formula is C28H30FN3O4. The van der Waals surface area contributed by atoms with E-state index in [1.165, 1.54) is 29.2 Å². The largest absolute Gasteiger partial charge is 0.507 e. The molecule has 0 saturated carbocycles. The number of carbonyl (C=O) groups excluding carboxylic acids is 2. The molecule has 188 valence electrons. The van der Waals surface area contributed by atoms with Crippen molar-refractivity contribution in [2.75, 3.05) is 13.2 Å². The summed E-state index contributed by atoms with van der Waals surface area (Å²) in [6.45, 7) is 5.69. The summed E-state index contributed by atoms with van der Waals surface area (Å²) in [5, 5.41) is 11.1. The Kier molecular flexibility index (Phi) is 7.83. The van der Waals surface area contributed by atoms with Crippen LogP contribution in [0.25, 0.3) is 5.76 Å². The van der Waals surface area contributed by atoms with Crippen LogP contribution in [0.3, 0.4) is 0 Å². The van der Waals surface area contributed by atoms with E-state index in [0.717, 1.165) is 6.42 Å². The van der Waals surface area contributed by atoms with Gasteiger partial charge in [0.1, 0.15) is 17.3 Å². The molecule has 4 rings (SSSR count). The lowest BCUT2D eigenvalue weighted by atomic mass is 9.95. The number of amides is 1. The predicted molar refractivity (Wildman–Crippen MR) is 134 cm³/mol. The molecule has 36 heavy (non-hydrogen) atoms. The number of ether oxygens (including phenoxy) is 1. The first-order valence-electron chi connectivity index (χ1n) is 12.1. The van der Waals surface area contributed by atoms with Crippen molar-refractivity contribution in [3.8, 4) is 5.75 Å². The second-order valence-corrected chi connectivity index (χ2v) is 9.26. The normalized spacial score (nSPS) is 17.2. The molecule has 7 nitrogen and oxygen atoms in total. The van der Waals surface area contributed by atoms with Crippen molar-refractivity contribution in [3.63, 3.8) is 0 Å². The summed E-state index contributed by atoms with van der Waals surface area (Å²) in [5.74, 6) is -1.13. The van der Waals surface area contributed by atoms with Gasteiger partial charge in [-0.05, 0) is 60.7 Å². The van der Waals surface area contributed by atoms with Crippen LogP contribution in [0.4, 0.5) is 4.39 Å². The monoisotopic (exact) mass is 491 g/mol. The number of benzene rings is 2. The van der Waals surface area contributed by atoms with Gasteiger partial charge in [-0.15, -0.1) is 0 Å². The molecule has 2 heterocycles. The fourth-order valence-electron chi connectivity index (χ4n) is 4.25. The Balaban J connectivity index is 1.69. The molecule has 0 aliphatic carbocycles. The van der Waals surface area contributed by atoms with Gasteiger partial charge in [-0.25, -0.2) is 9.37 Å². The lowest BCUT2D eigenvalue weighted by molar-refractivity contribution is -0.139.